The van der Waals surface area contributed by atoms with Crippen molar-refractivity contribution < 1.29 is 18.0 Å². The number of benzene rings is 1. The van der Waals surface area contributed by atoms with Gasteiger partial charge in [0.25, 0.3) is 5.91 Å². The molecule has 7 nitrogen and oxygen atoms in total. The van der Waals surface area contributed by atoms with Crippen molar-refractivity contribution in [2.45, 2.75) is 32.6 Å². The first kappa shape index (κ1) is 20.6. The number of nitrogen functional groups attached to an aromatic ring is 1. The zero-order valence-electron chi connectivity index (χ0n) is 16.8. The van der Waals surface area contributed by atoms with Crippen molar-refractivity contribution in [2.75, 3.05) is 5.73 Å². The third-order valence-electron chi connectivity index (χ3n) is 4.98. The van der Waals surface area contributed by atoms with Crippen molar-refractivity contribution in [1.29, 1.82) is 0 Å². The Morgan fingerprint density at radius 2 is 1.97 bits per heavy atom. The number of aromatic nitrogens is 4. The molecular formula is C21H19F3N6O. The normalized spacial score (nSPS) is 12.1. The maximum absolute atomic E-state index is 13.2. The SMILES string of the molecule is CC(C)N(Cc1ccc(C(F)(F)F)cn1)C(=O)c1ccc2nc(N)n3ccnc3c2c1. The largest absolute Gasteiger partial charge is 0.417 e. The highest BCUT2D eigenvalue weighted by molar-refractivity contribution is 6.01. The molecule has 160 valence electrons. The first-order valence-corrected chi connectivity index (χ1v) is 9.50. The van der Waals surface area contributed by atoms with Crippen LogP contribution in [0.3, 0.4) is 0 Å². The van der Waals surface area contributed by atoms with Gasteiger partial charge in [-0.15, -0.1) is 0 Å². The van der Waals surface area contributed by atoms with E-state index in [4.69, 9.17) is 5.73 Å². The number of alkyl halides is 3. The van der Waals surface area contributed by atoms with Crippen LogP contribution in [0, 0.1) is 0 Å². The van der Waals surface area contributed by atoms with E-state index in [1.807, 2.05) is 13.8 Å². The Morgan fingerprint density at radius 3 is 2.61 bits per heavy atom. The second-order valence-electron chi connectivity index (χ2n) is 7.39. The minimum Gasteiger partial charge on any atom is -0.369 e. The molecule has 31 heavy (non-hydrogen) atoms. The first-order chi connectivity index (χ1) is 14.6. The maximum Gasteiger partial charge on any atom is 0.417 e. The molecule has 0 spiro atoms. The summed E-state index contributed by atoms with van der Waals surface area (Å²) in [4.78, 5) is 27.3. The lowest BCUT2D eigenvalue weighted by molar-refractivity contribution is -0.137. The molecule has 1 aromatic carbocycles. The lowest BCUT2D eigenvalue weighted by Gasteiger charge is -2.27. The van der Waals surface area contributed by atoms with E-state index < -0.39 is 11.7 Å². The molecule has 4 aromatic rings. The van der Waals surface area contributed by atoms with E-state index in [2.05, 4.69) is 15.0 Å². The lowest BCUT2D eigenvalue weighted by Crippen LogP contribution is -2.36. The van der Waals surface area contributed by atoms with E-state index in [1.165, 1.54) is 6.07 Å². The first-order valence-electron chi connectivity index (χ1n) is 9.50. The van der Waals surface area contributed by atoms with E-state index in [-0.39, 0.29) is 24.4 Å². The minimum atomic E-state index is -4.46. The number of imidazole rings is 1. The molecule has 0 unspecified atom stereocenters. The number of nitrogens with two attached hydrogens (primary N) is 1. The van der Waals surface area contributed by atoms with Gasteiger partial charge in [0.15, 0.2) is 0 Å². The summed E-state index contributed by atoms with van der Waals surface area (Å²) in [7, 11) is 0. The number of anilines is 1. The number of hydrogen-bond acceptors (Lipinski definition) is 5. The zero-order chi connectivity index (χ0) is 22.3. The van der Waals surface area contributed by atoms with Gasteiger partial charge in [0.05, 0.1) is 23.3 Å². The third-order valence-corrected chi connectivity index (χ3v) is 4.98. The summed E-state index contributed by atoms with van der Waals surface area (Å²) >= 11 is 0. The number of fused-ring (bicyclic) bond motifs is 3. The average Bonchev–Trinajstić information content (AvgIpc) is 3.22. The number of rotatable bonds is 4. The number of amides is 1. The summed E-state index contributed by atoms with van der Waals surface area (Å²) in [5.74, 6) is 0.0105. The van der Waals surface area contributed by atoms with Crippen LogP contribution in [-0.2, 0) is 12.7 Å². The van der Waals surface area contributed by atoms with Gasteiger partial charge in [0, 0.05) is 35.6 Å². The van der Waals surface area contributed by atoms with Crippen LogP contribution in [0.15, 0.2) is 48.9 Å². The second kappa shape index (κ2) is 7.53. The van der Waals surface area contributed by atoms with E-state index >= 15 is 0 Å². The van der Waals surface area contributed by atoms with Crippen LogP contribution in [0.25, 0.3) is 16.6 Å². The van der Waals surface area contributed by atoms with Gasteiger partial charge in [-0.1, -0.05) is 0 Å². The number of hydrogen-bond donors (Lipinski definition) is 1. The molecule has 0 atom stereocenters. The van der Waals surface area contributed by atoms with E-state index in [1.54, 1.807) is 39.9 Å². The molecule has 0 bridgehead atoms. The molecule has 0 saturated carbocycles. The lowest BCUT2D eigenvalue weighted by atomic mass is 10.1. The minimum absolute atomic E-state index is 0.0749. The Kier molecular flexibility index (Phi) is 5.00. The molecule has 1 amide bonds. The van der Waals surface area contributed by atoms with Crippen molar-refractivity contribution in [2.24, 2.45) is 0 Å². The predicted octanol–water partition coefficient (Wildman–Crippen LogP) is 3.93. The van der Waals surface area contributed by atoms with Gasteiger partial charge in [-0.05, 0) is 44.2 Å². The Hall–Kier alpha value is -3.69. The van der Waals surface area contributed by atoms with Gasteiger partial charge >= 0.3 is 6.18 Å². The Labute approximate surface area is 175 Å². The number of halogens is 3. The van der Waals surface area contributed by atoms with E-state index in [0.717, 1.165) is 12.3 Å². The Bertz CT molecular complexity index is 1260. The van der Waals surface area contributed by atoms with Crippen LogP contribution in [-0.4, -0.2) is 36.2 Å². The summed E-state index contributed by atoms with van der Waals surface area (Å²) in [6, 6.07) is 7.08. The van der Waals surface area contributed by atoms with Gasteiger partial charge < -0.3 is 10.6 Å². The van der Waals surface area contributed by atoms with Crippen molar-refractivity contribution in [3.63, 3.8) is 0 Å². The standard InChI is InChI=1S/C21H19F3N6O/c1-12(2)30(11-15-5-4-14(10-27-15)21(22,23)24)19(31)13-3-6-17-16(9-13)18-26-7-8-29(18)20(25)28-17/h3-10,12H,11H2,1-2H3,(H2,25,28). The highest BCUT2D eigenvalue weighted by Crippen LogP contribution is 2.28. The smallest absolute Gasteiger partial charge is 0.369 e. The molecule has 0 saturated heterocycles. The van der Waals surface area contributed by atoms with Crippen LogP contribution in [0.4, 0.5) is 19.1 Å². The molecule has 0 fully saturated rings. The summed E-state index contributed by atoms with van der Waals surface area (Å²) in [5, 5.41) is 0.668. The summed E-state index contributed by atoms with van der Waals surface area (Å²) in [6.07, 6.45) is -0.403. The monoisotopic (exact) mass is 428 g/mol. The van der Waals surface area contributed by atoms with Crippen LogP contribution in [0.5, 0.6) is 0 Å². The fraction of sp³-hybridized carbons (Fsp3) is 0.238. The van der Waals surface area contributed by atoms with Gasteiger partial charge in [-0.25, -0.2) is 9.97 Å². The Morgan fingerprint density at radius 1 is 1.19 bits per heavy atom. The maximum atomic E-state index is 13.2. The van der Waals surface area contributed by atoms with Gasteiger partial charge in [-0.3, -0.25) is 14.2 Å². The Balaban J connectivity index is 1.67. The topological polar surface area (TPSA) is 89.4 Å². The molecule has 2 N–H and O–H groups in total. The highest BCUT2D eigenvalue weighted by Gasteiger charge is 2.31. The van der Waals surface area contributed by atoms with Gasteiger partial charge in [0.2, 0.25) is 5.95 Å². The molecular weight excluding hydrogens is 409 g/mol. The molecule has 0 aliphatic heterocycles. The quantitative estimate of drug-likeness (QED) is 0.532. The molecule has 3 aromatic heterocycles. The summed E-state index contributed by atoms with van der Waals surface area (Å²) in [6.45, 7) is 3.74. The van der Waals surface area contributed by atoms with Crippen molar-refractivity contribution in [1.82, 2.24) is 24.3 Å². The molecule has 10 heteroatoms. The molecule has 4 rings (SSSR count). The van der Waals surface area contributed by atoms with Crippen molar-refractivity contribution in [3.05, 3.63) is 65.7 Å². The van der Waals surface area contributed by atoms with Crippen molar-refractivity contribution in [3.8, 4) is 0 Å². The summed E-state index contributed by atoms with van der Waals surface area (Å²) < 4.78 is 40.0. The van der Waals surface area contributed by atoms with Crippen LogP contribution >= 0.6 is 0 Å². The number of carbonyl (C=O) groups excluding carboxylic acids is 1. The molecule has 0 aliphatic rings. The average molecular weight is 428 g/mol. The molecule has 0 aliphatic carbocycles. The fourth-order valence-corrected chi connectivity index (χ4v) is 3.33. The van der Waals surface area contributed by atoms with Gasteiger partial charge in [0.1, 0.15) is 5.65 Å². The van der Waals surface area contributed by atoms with Crippen molar-refractivity contribution >= 4 is 28.4 Å². The number of nitrogens with zero attached hydrogens (tertiary/aromatic N) is 5. The fourth-order valence-electron chi connectivity index (χ4n) is 3.33. The molecule has 0 radical (unpaired) electrons. The second-order valence-corrected chi connectivity index (χ2v) is 7.39. The third kappa shape index (κ3) is 3.88. The van der Waals surface area contributed by atoms with Gasteiger partial charge in [-0.2, -0.15) is 13.2 Å². The van der Waals surface area contributed by atoms with Crippen LogP contribution < -0.4 is 5.73 Å². The van der Waals surface area contributed by atoms with E-state index in [0.29, 0.717) is 27.8 Å². The number of pyridine rings is 1. The summed E-state index contributed by atoms with van der Waals surface area (Å²) in [5.41, 5.74) is 7.06. The molecule has 3 heterocycles. The van der Waals surface area contributed by atoms with Crippen LogP contribution in [0.1, 0.15) is 35.5 Å². The number of carbonyl (C=O) groups is 1. The zero-order valence-corrected chi connectivity index (χ0v) is 16.8. The van der Waals surface area contributed by atoms with E-state index in [9.17, 15) is 18.0 Å². The highest BCUT2D eigenvalue weighted by atomic mass is 19.4. The predicted molar refractivity (Wildman–Crippen MR) is 109 cm³/mol. The van der Waals surface area contributed by atoms with Crippen LogP contribution in [0.2, 0.25) is 0 Å².